The lowest BCUT2D eigenvalue weighted by Gasteiger charge is -2.17. The molecule has 5 rings (SSSR count). The molecule has 33 heavy (non-hydrogen) atoms. The number of carbonyl (C=O) groups is 1. The molecule has 4 aromatic rings. The second-order valence-corrected chi connectivity index (χ2v) is 8.90. The zero-order valence-electron chi connectivity index (χ0n) is 18.7. The molecule has 1 aliphatic rings. The number of aromatic amines is 1. The van der Waals surface area contributed by atoms with Crippen molar-refractivity contribution in [2.75, 3.05) is 44.6 Å². The SMILES string of the molecule is Cc1nc2c3c(cc(O)c2o1)N(C(=O)c1cc2cc(OCCN(C)C)ccc2[nH]1)CC3CCl. The zero-order chi connectivity index (χ0) is 23.3. The number of aromatic hydroxyl groups is 1. The Morgan fingerprint density at radius 1 is 1.36 bits per heavy atom. The van der Waals surface area contributed by atoms with Crippen LogP contribution >= 0.6 is 11.6 Å². The highest BCUT2D eigenvalue weighted by atomic mass is 35.5. The Bertz CT molecular complexity index is 1360. The quantitative estimate of drug-likeness (QED) is 0.411. The highest BCUT2D eigenvalue weighted by Crippen LogP contribution is 2.45. The number of benzene rings is 2. The van der Waals surface area contributed by atoms with Crippen molar-refractivity contribution in [3.8, 4) is 11.5 Å². The fourth-order valence-corrected chi connectivity index (χ4v) is 4.59. The average molecular weight is 469 g/mol. The topological polar surface area (TPSA) is 94.8 Å². The Labute approximate surface area is 195 Å². The van der Waals surface area contributed by atoms with Gasteiger partial charge in [0, 0.05) is 54.3 Å². The van der Waals surface area contributed by atoms with Crippen molar-refractivity contribution >= 4 is 45.2 Å². The van der Waals surface area contributed by atoms with Crippen LogP contribution in [0, 0.1) is 6.92 Å². The van der Waals surface area contributed by atoms with E-state index in [9.17, 15) is 9.90 Å². The highest BCUT2D eigenvalue weighted by Gasteiger charge is 2.37. The van der Waals surface area contributed by atoms with Crippen LogP contribution in [-0.4, -0.2) is 65.6 Å². The van der Waals surface area contributed by atoms with E-state index >= 15 is 0 Å². The monoisotopic (exact) mass is 468 g/mol. The van der Waals surface area contributed by atoms with E-state index in [0.717, 1.165) is 28.8 Å². The molecular formula is C24H25ClN4O4. The smallest absolute Gasteiger partial charge is 0.274 e. The van der Waals surface area contributed by atoms with Gasteiger partial charge < -0.3 is 29.0 Å². The van der Waals surface area contributed by atoms with Crippen LogP contribution < -0.4 is 9.64 Å². The number of oxazole rings is 1. The van der Waals surface area contributed by atoms with E-state index in [0.29, 0.717) is 47.4 Å². The fraction of sp³-hybridized carbons (Fsp3) is 0.333. The van der Waals surface area contributed by atoms with Crippen molar-refractivity contribution in [2.45, 2.75) is 12.8 Å². The van der Waals surface area contributed by atoms with E-state index in [1.807, 2.05) is 38.4 Å². The van der Waals surface area contributed by atoms with E-state index in [4.69, 9.17) is 20.8 Å². The second kappa shape index (κ2) is 8.28. The van der Waals surface area contributed by atoms with Gasteiger partial charge in [-0.25, -0.2) is 4.98 Å². The van der Waals surface area contributed by atoms with Crippen LogP contribution in [0.25, 0.3) is 22.0 Å². The molecule has 0 bridgehead atoms. The van der Waals surface area contributed by atoms with Crippen LogP contribution in [0.1, 0.15) is 27.9 Å². The van der Waals surface area contributed by atoms with Gasteiger partial charge in [0.15, 0.2) is 17.2 Å². The van der Waals surface area contributed by atoms with Gasteiger partial charge in [0.2, 0.25) is 0 Å². The number of rotatable bonds is 6. The van der Waals surface area contributed by atoms with Gasteiger partial charge in [0.05, 0.1) is 5.69 Å². The third kappa shape index (κ3) is 3.79. The Hall–Kier alpha value is -3.23. The third-order valence-electron chi connectivity index (χ3n) is 5.93. The largest absolute Gasteiger partial charge is 0.504 e. The number of carbonyl (C=O) groups excluding carboxylic acids is 1. The van der Waals surface area contributed by atoms with Gasteiger partial charge in [-0.15, -0.1) is 11.6 Å². The number of nitrogens with one attached hydrogen (secondary N) is 1. The van der Waals surface area contributed by atoms with E-state index in [1.54, 1.807) is 17.9 Å². The number of nitrogens with zero attached hydrogens (tertiary/aromatic N) is 3. The minimum absolute atomic E-state index is 0.0477. The third-order valence-corrected chi connectivity index (χ3v) is 6.31. The number of H-pyrrole nitrogens is 1. The van der Waals surface area contributed by atoms with Gasteiger partial charge in [-0.2, -0.15) is 0 Å². The zero-order valence-corrected chi connectivity index (χ0v) is 19.4. The number of aryl methyl sites for hydroxylation is 1. The highest BCUT2D eigenvalue weighted by molar-refractivity contribution is 6.19. The summed E-state index contributed by atoms with van der Waals surface area (Å²) in [6.45, 7) is 3.52. The summed E-state index contributed by atoms with van der Waals surface area (Å²) in [6.07, 6.45) is 0. The van der Waals surface area contributed by atoms with E-state index < -0.39 is 0 Å². The Morgan fingerprint density at radius 3 is 2.94 bits per heavy atom. The van der Waals surface area contributed by atoms with Crippen LogP contribution in [0.4, 0.5) is 5.69 Å². The summed E-state index contributed by atoms with van der Waals surface area (Å²) < 4.78 is 11.4. The van der Waals surface area contributed by atoms with Crippen molar-refractivity contribution in [1.29, 1.82) is 0 Å². The van der Waals surface area contributed by atoms with Crippen molar-refractivity contribution < 1.29 is 19.1 Å². The molecule has 172 valence electrons. The fourth-order valence-electron chi connectivity index (χ4n) is 4.34. The normalized spacial score (nSPS) is 15.7. The van der Waals surface area contributed by atoms with Gasteiger partial charge in [0.25, 0.3) is 5.91 Å². The first-order valence-electron chi connectivity index (χ1n) is 10.8. The molecule has 1 aliphatic heterocycles. The van der Waals surface area contributed by atoms with E-state index in [-0.39, 0.29) is 17.6 Å². The number of amides is 1. The van der Waals surface area contributed by atoms with Gasteiger partial charge >= 0.3 is 0 Å². The number of phenols is 1. The minimum atomic E-state index is -0.200. The summed E-state index contributed by atoms with van der Waals surface area (Å²) >= 11 is 6.26. The van der Waals surface area contributed by atoms with Crippen molar-refractivity contribution in [3.05, 3.63) is 47.5 Å². The van der Waals surface area contributed by atoms with Gasteiger partial charge in [0.1, 0.15) is 23.6 Å². The van der Waals surface area contributed by atoms with Crippen LogP contribution in [0.15, 0.2) is 34.7 Å². The maximum absolute atomic E-state index is 13.5. The van der Waals surface area contributed by atoms with Crippen LogP contribution in [0.3, 0.4) is 0 Å². The maximum atomic E-state index is 13.5. The molecule has 1 unspecified atom stereocenters. The molecule has 1 amide bonds. The molecule has 2 aromatic carbocycles. The van der Waals surface area contributed by atoms with Crippen molar-refractivity contribution in [3.63, 3.8) is 0 Å². The number of phenolic OH excluding ortho intramolecular Hbond substituents is 1. The van der Waals surface area contributed by atoms with Gasteiger partial charge in [-0.3, -0.25) is 4.79 Å². The molecule has 9 heteroatoms. The molecule has 0 saturated heterocycles. The Kier molecular flexibility index (Phi) is 5.42. The van der Waals surface area contributed by atoms with Crippen LogP contribution in [-0.2, 0) is 0 Å². The summed E-state index contributed by atoms with van der Waals surface area (Å²) in [7, 11) is 3.99. The Balaban J connectivity index is 1.48. The first-order chi connectivity index (χ1) is 15.9. The number of hydrogen-bond donors (Lipinski definition) is 2. The maximum Gasteiger partial charge on any atom is 0.274 e. The van der Waals surface area contributed by atoms with E-state index in [2.05, 4.69) is 14.9 Å². The van der Waals surface area contributed by atoms with Crippen molar-refractivity contribution in [2.24, 2.45) is 0 Å². The number of likely N-dealkylation sites (N-methyl/N-ethyl adjacent to an activating group) is 1. The molecule has 0 spiro atoms. The molecule has 0 saturated carbocycles. The number of hydrogen-bond acceptors (Lipinski definition) is 6. The number of ether oxygens (including phenoxy) is 1. The summed E-state index contributed by atoms with van der Waals surface area (Å²) in [5, 5.41) is 11.4. The minimum Gasteiger partial charge on any atom is -0.504 e. The second-order valence-electron chi connectivity index (χ2n) is 8.59. The summed E-state index contributed by atoms with van der Waals surface area (Å²) in [4.78, 5) is 24.9. The molecule has 0 aliphatic carbocycles. The molecule has 8 nitrogen and oxygen atoms in total. The predicted octanol–water partition coefficient (Wildman–Crippen LogP) is 4.25. The molecular weight excluding hydrogens is 444 g/mol. The van der Waals surface area contributed by atoms with Gasteiger partial charge in [-0.1, -0.05) is 0 Å². The van der Waals surface area contributed by atoms with Crippen LogP contribution in [0.5, 0.6) is 11.5 Å². The Morgan fingerprint density at radius 2 is 2.18 bits per heavy atom. The lowest BCUT2D eigenvalue weighted by atomic mass is 10.0. The van der Waals surface area contributed by atoms with Gasteiger partial charge in [-0.05, 0) is 38.4 Å². The molecule has 0 fully saturated rings. The standard InChI is InChI=1S/C24H25ClN4O4/c1-13-26-22-21-15(11-25)12-29(19(21)10-20(30)23(22)33-13)24(31)18-9-14-8-16(4-5-17(14)27-18)32-7-6-28(2)3/h4-5,8-10,15,27,30H,6-7,11-12H2,1-3H3. The van der Waals surface area contributed by atoms with Crippen molar-refractivity contribution in [1.82, 2.24) is 14.9 Å². The summed E-state index contributed by atoms with van der Waals surface area (Å²) in [5.41, 5.74) is 3.61. The first-order valence-corrected chi connectivity index (χ1v) is 11.3. The number of anilines is 1. The molecule has 1 atom stereocenters. The number of halogens is 1. The molecule has 3 heterocycles. The number of aromatic nitrogens is 2. The predicted molar refractivity (Wildman–Crippen MR) is 128 cm³/mol. The number of alkyl halides is 1. The number of fused-ring (bicyclic) bond motifs is 4. The first kappa shape index (κ1) is 21.6. The average Bonchev–Trinajstić information content (AvgIpc) is 3.47. The van der Waals surface area contributed by atoms with E-state index in [1.165, 1.54) is 0 Å². The molecule has 2 aromatic heterocycles. The van der Waals surface area contributed by atoms with Crippen LogP contribution in [0.2, 0.25) is 0 Å². The summed E-state index contributed by atoms with van der Waals surface area (Å²) in [6, 6.07) is 9.10. The molecule has 0 radical (unpaired) electrons. The summed E-state index contributed by atoms with van der Waals surface area (Å²) in [5.74, 6) is 1.17. The molecule has 2 N–H and O–H groups in total. The lowest BCUT2D eigenvalue weighted by molar-refractivity contribution is 0.0984. The lowest BCUT2D eigenvalue weighted by Crippen LogP contribution is -2.30.